The van der Waals surface area contributed by atoms with Gasteiger partial charge in [-0.15, -0.1) is 0 Å². The zero-order chi connectivity index (χ0) is 11.8. The lowest BCUT2D eigenvalue weighted by Gasteiger charge is -2.30. The first-order chi connectivity index (χ1) is 7.54. The predicted octanol–water partition coefficient (Wildman–Crippen LogP) is 0.254. The van der Waals surface area contributed by atoms with Crippen LogP contribution < -0.4 is 0 Å². The highest BCUT2D eigenvalue weighted by molar-refractivity contribution is 5.78. The summed E-state index contributed by atoms with van der Waals surface area (Å²) in [5.74, 6) is 0.0431. The van der Waals surface area contributed by atoms with Crippen LogP contribution in [-0.2, 0) is 18.4 Å². The molecule has 0 spiro atoms. The summed E-state index contributed by atoms with van der Waals surface area (Å²) in [7, 11) is 1.82. The second-order valence-corrected chi connectivity index (χ2v) is 4.40. The molecule has 1 aromatic heterocycles. The monoisotopic (exact) mass is 224 g/mol. The van der Waals surface area contributed by atoms with Crippen LogP contribution in [0.1, 0.15) is 25.6 Å². The molecule has 1 saturated heterocycles. The highest BCUT2D eigenvalue weighted by atomic mass is 16.4. The fourth-order valence-electron chi connectivity index (χ4n) is 2.15. The van der Waals surface area contributed by atoms with Crippen molar-refractivity contribution in [2.24, 2.45) is 7.05 Å². The molecule has 1 aliphatic rings. The van der Waals surface area contributed by atoms with Gasteiger partial charge in [-0.25, -0.2) is 4.98 Å². The minimum absolute atomic E-state index is 0.541. The van der Waals surface area contributed by atoms with Crippen LogP contribution in [0.25, 0.3) is 0 Å². The van der Waals surface area contributed by atoms with E-state index >= 15 is 0 Å². The number of aromatic nitrogens is 3. The number of aryl methyl sites for hydroxylation is 1. The Morgan fingerprint density at radius 1 is 1.69 bits per heavy atom. The van der Waals surface area contributed by atoms with Crippen LogP contribution in [0.2, 0.25) is 0 Å². The van der Waals surface area contributed by atoms with Gasteiger partial charge in [0.15, 0.2) is 0 Å². The zero-order valence-corrected chi connectivity index (χ0v) is 9.55. The van der Waals surface area contributed by atoms with E-state index in [0.29, 0.717) is 13.0 Å². The van der Waals surface area contributed by atoms with Gasteiger partial charge in [0.05, 0.1) is 6.54 Å². The summed E-state index contributed by atoms with van der Waals surface area (Å²) in [6, 6.07) is 0. The van der Waals surface area contributed by atoms with Gasteiger partial charge in [0.1, 0.15) is 17.7 Å². The Bertz CT molecular complexity index is 403. The van der Waals surface area contributed by atoms with Crippen molar-refractivity contribution >= 4 is 5.97 Å². The van der Waals surface area contributed by atoms with E-state index < -0.39 is 11.5 Å². The molecule has 1 aromatic rings. The second-order valence-electron chi connectivity index (χ2n) is 4.40. The first-order valence-corrected chi connectivity index (χ1v) is 5.35. The van der Waals surface area contributed by atoms with Crippen LogP contribution in [0.5, 0.6) is 0 Å². The Kier molecular flexibility index (Phi) is 2.67. The second kappa shape index (κ2) is 3.86. The molecule has 6 nitrogen and oxygen atoms in total. The van der Waals surface area contributed by atoms with Crippen molar-refractivity contribution in [3.8, 4) is 0 Å². The molecule has 0 radical (unpaired) electrons. The fourth-order valence-corrected chi connectivity index (χ4v) is 2.15. The van der Waals surface area contributed by atoms with Crippen molar-refractivity contribution in [1.82, 2.24) is 19.7 Å². The average molecular weight is 224 g/mol. The molecule has 16 heavy (non-hydrogen) atoms. The topological polar surface area (TPSA) is 71.2 Å². The summed E-state index contributed by atoms with van der Waals surface area (Å²) >= 11 is 0. The molecular weight excluding hydrogens is 208 g/mol. The Labute approximate surface area is 93.9 Å². The minimum atomic E-state index is -0.758. The molecule has 1 atom stereocenters. The first-order valence-electron chi connectivity index (χ1n) is 5.35. The smallest absolute Gasteiger partial charge is 0.323 e. The van der Waals surface area contributed by atoms with E-state index in [9.17, 15) is 9.90 Å². The minimum Gasteiger partial charge on any atom is -0.480 e. The highest BCUT2D eigenvalue weighted by Gasteiger charge is 2.43. The average Bonchev–Trinajstić information content (AvgIpc) is 2.77. The first kappa shape index (κ1) is 11.1. The van der Waals surface area contributed by atoms with Crippen LogP contribution >= 0.6 is 0 Å². The number of hydrogen-bond acceptors (Lipinski definition) is 4. The summed E-state index contributed by atoms with van der Waals surface area (Å²) in [5, 5.41) is 13.2. The number of rotatable bonds is 3. The van der Waals surface area contributed by atoms with E-state index in [1.807, 2.05) is 11.9 Å². The van der Waals surface area contributed by atoms with Crippen LogP contribution in [0.4, 0.5) is 0 Å². The van der Waals surface area contributed by atoms with E-state index in [4.69, 9.17) is 0 Å². The van der Waals surface area contributed by atoms with Crippen molar-refractivity contribution < 1.29 is 9.90 Å². The molecule has 1 unspecified atom stereocenters. The van der Waals surface area contributed by atoms with Gasteiger partial charge in [-0.05, 0) is 26.3 Å². The molecule has 0 aliphatic carbocycles. The molecule has 0 aromatic carbocycles. The van der Waals surface area contributed by atoms with Gasteiger partial charge in [0.2, 0.25) is 0 Å². The standard InChI is InChI=1S/C10H16N4O2/c1-10(9(15)16)4-3-5-14(10)6-8-11-7-12-13(8)2/h7H,3-6H2,1-2H3,(H,15,16). The largest absolute Gasteiger partial charge is 0.480 e. The third kappa shape index (κ3) is 1.69. The number of hydrogen-bond donors (Lipinski definition) is 1. The number of carboxylic acid groups (broad SMARTS) is 1. The van der Waals surface area contributed by atoms with Crippen LogP contribution in [0.15, 0.2) is 6.33 Å². The van der Waals surface area contributed by atoms with Crippen LogP contribution in [0.3, 0.4) is 0 Å². The molecule has 0 amide bonds. The van der Waals surface area contributed by atoms with Gasteiger partial charge < -0.3 is 5.11 Å². The highest BCUT2D eigenvalue weighted by Crippen LogP contribution is 2.30. The quantitative estimate of drug-likeness (QED) is 0.797. The Morgan fingerprint density at radius 2 is 2.44 bits per heavy atom. The molecule has 2 rings (SSSR count). The number of aliphatic carboxylic acids is 1. The van der Waals surface area contributed by atoms with E-state index in [2.05, 4.69) is 10.1 Å². The molecule has 6 heteroatoms. The predicted molar refractivity (Wildman–Crippen MR) is 56.7 cm³/mol. The van der Waals surface area contributed by atoms with Crippen LogP contribution in [0, 0.1) is 0 Å². The van der Waals surface area contributed by atoms with Crippen molar-refractivity contribution in [2.75, 3.05) is 6.54 Å². The summed E-state index contributed by atoms with van der Waals surface area (Å²) in [6.07, 6.45) is 3.10. The van der Waals surface area contributed by atoms with E-state index in [-0.39, 0.29) is 0 Å². The SMILES string of the molecule is Cn1ncnc1CN1CCCC1(C)C(=O)O. The number of likely N-dealkylation sites (tertiary alicyclic amines) is 1. The van der Waals surface area contributed by atoms with Gasteiger partial charge in [-0.3, -0.25) is 14.4 Å². The Hall–Kier alpha value is -1.43. The third-order valence-corrected chi connectivity index (χ3v) is 3.39. The lowest BCUT2D eigenvalue weighted by molar-refractivity contribution is -0.149. The summed E-state index contributed by atoms with van der Waals surface area (Å²) in [5.41, 5.74) is -0.758. The summed E-state index contributed by atoms with van der Waals surface area (Å²) < 4.78 is 1.68. The lowest BCUT2D eigenvalue weighted by Crippen LogP contribution is -2.47. The normalized spacial score (nSPS) is 26.1. The molecule has 1 aliphatic heterocycles. The van der Waals surface area contributed by atoms with Gasteiger partial charge >= 0.3 is 5.97 Å². The molecule has 1 fully saturated rings. The fraction of sp³-hybridized carbons (Fsp3) is 0.700. The van der Waals surface area contributed by atoms with E-state index in [1.54, 1.807) is 11.6 Å². The molecule has 0 saturated carbocycles. The van der Waals surface area contributed by atoms with Crippen molar-refractivity contribution in [1.29, 1.82) is 0 Å². The summed E-state index contributed by atoms with van der Waals surface area (Å²) in [4.78, 5) is 17.3. The van der Waals surface area contributed by atoms with E-state index in [1.165, 1.54) is 6.33 Å². The maximum absolute atomic E-state index is 11.3. The van der Waals surface area contributed by atoms with Crippen molar-refractivity contribution in [2.45, 2.75) is 31.8 Å². The maximum Gasteiger partial charge on any atom is 0.323 e. The maximum atomic E-state index is 11.3. The van der Waals surface area contributed by atoms with Gasteiger partial charge in [0, 0.05) is 7.05 Å². The number of carboxylic acids is 1. The molecule has 1 N–H and O–H groups in total. The molecular formula is C10H16N4O2. The third-order valence-electron chi connectivity index (χ3n) is 3.39. The number of carbonyl (C=O) groups is 1. The van der Waals surface area contributed by atoms with Gasteiger partial charge in [0.25, 0.3) is 0 Å². The van der Waals surface area contributed by atoms with Gasteiger partial charge in [-0.1, -0.05) is 0 Å². The van der Waals surface area contributed by atoms with Crippen molar-refractivity contribution in [3.63, 3.8) is 0 Å². The lowest BCUT2D eigenvalue weighted by atomic mass is 9.99. The Morgan fingerprint density at radius 3 is 3.00 bits per heavy atom. The zero-order valence-electron chi connectivity index (χ0n) is 9.55. The molecule has 2 heterocycles. The van der Waals surface area contributed by atoms with Gasteiger partial charge in [-0.2, -0.15) is 5.10 Å². The molecule has 88 valence electrons. The summed E-state index contributed by atoms with van der Waals surface area (Å²) in [6.45, 7) is 3.12. The van der Waals surface area contributed by atoms with Crippen LogP contribution in [-0.4, -0.2) is 42.8 Å². The van der Waals surface area contributed by atoms with E-state index in [0.717, 1.165) is 18.8 Å². The Balaban J connectivity index is 2.16. The number of nitrogens with zero attached hydrogens (tertiary/aromatic N) is 4. The van der Waals surface area contributed by atoms with Crippen molar-refractivity contribution in [3.05, 3.63) is 12.2 Å². The molecule has 0 bridgehead atoms.